The van der Waals surface area contributed by atoms with E-state index in [0.717, 1.165) is 25.7 Å². The molecule has 1 aliphatic heterocycles. The minimum Gasteiger partial charge on any atom is -0.480 e. The predicted molar refractivity (Wildman–Crippen MR) is 69.8 cm³/mol. The zero-order valence-electron chi connectivity index (χ0n) is 11.9. The van der Waals surface area contributed by atoms with Crippen LogP contribution in [0.15, 0.2) is 0 Å². The first kappa shape index (κ1) is 14.2. The Labute approximate surface area is 113 Å². The second-order valence-corrected chi connectivity index (χ2v) is 6.62. The van der Waals surface area contributed by atoms with Crippen LogP contribution < -0.4 is 0 Å². The molecule has 2 aliphatic rings. The maximum atomic E-state index is 12.2. The van der Waals surface area contributed by atoms with Crippen LogP contribution in [0.25, 0.3) is 0 Å². The smallest absolute Gasteiger partial charge is 0.411 e. The Morgan fingerprint density at radius 3 is 2.42 bits per heavy atom. The van der Waals surface area contributed by atoms with E-state index in [-0.39, 0.29) is 5.92 Å². The monoisotopic (exact) mass is 269 g/mol. The van der Waals surface area contributed by atoms with Gasteiger partial charge in [0, 0.05) is 6.54 Å². The number of aliphatic carboxylic acids is 1. The second kappa shape index (κ2) is 5.02. The molecule has 0 aromatic heterocycles. The van der Waals surface area contributed by atoms with Gasteiger partial charge in [-0.15, -0.1) is 0 Å². The molecular weight excluding hydrogens is 246 g/mol. The molecule has 5 nitrogen and oxygen atoms in total. The fourth-order valence-electron chi connectivity index (χ4n) is 3.30. The van der Waals surface area contributed by atoms with Crippen LogP contribution in [0.5, 0.6) is 0 Å². The molecule has 1 aliphatic carbocycles. The summed E-state index contributed by atoms with van der Waals surface area (Å²) >= 11 is 0. The molecule has 1 heterocycles. The summed E-state index contributed by atoms with van der Waals surface area (Å²) in [4.78, 5) is 25.1. The molecule has 3 unspecified atom stereocenters. The second-order valence-electron chi connectivity index (χ2n) is 6.62. The van der Waals surface area contributed by atoms with Gasteiger partial charge in [0.05, 0.1) is 0 Å². The molecule has 3 atom stereocenters. The molecule has 0 aromatic rings. The molecule has 0 aromatic carbocycles. The van der Waals surface area contributed by atoms with E-state index in [1.165, 1.54) is 4.90 Å². The molecule has 2 rings (SSSR count). The fraction of sp³-hybridized carbons (Fsp3) is 0.857. The molecule has 1 saturated heterocycles. The van der Waals surface area contributed by atoms with Crippen molar-refractivity contribution in [2.24, 2.45) is 11.8 Å². The summed E-state index contributed by atoms with van der Waals surface area (Å²) in [6, 6.07) is -0.708. The Kier molecular flexibility index (Phi) is 3.74. The van der Waals surface area contributed by atoms with Crippen molar-refractivity contribution in [1.29, 1.82) is 0 Å². The summed E-state index contributed by atoms with van der Waals surface area (Å²) < 4.78 is 5.33. The van der Waals surface area contributed by atoms with Gasteiger partial charge in [-0.1, -0.05) is 12.8 Å². The van der Waals surface area contributed by atoms with Gasteiger partial charge in [0.15, 0.2) is 0 Å². The highest BCUT2D eigenvalue weighted by molar-refractivity contribution is 5.81. The lowest BCUT2D eigenvalue weighted by atomic mass is 9.78. The van der Waals surface area contributed by atoms with Crippen LogP contribution in [-0.2, 0) is 9.53 Å². The first-order valence-electron chi connectivity index (χ1n) is 7.02. The van der Waals surface area contributed by atoms with Gasteiger partial charge in [-0.3, -0.25) is 4.90 Å². The topological polar surface area (TPSA) is 66.8 Å². The molecule has 5 heteroatoms. The van der Waals surface area contributed by atoms with E-state index < -0.39 is 23.7 Å². The van der Waals surface area contributed by atoms with Crippen molar-refractivity contribution in [2.75, 3.05) is 6.54 Å². The van der Waals surface area contributed by atoms with Gasteiger partial charge in [0.1, 0.15) is 11.6 Å². The van der Waals surface area contributed by atoms with Gasteiger partial charge < -0.3 is 9.84 Å². The van der Waals surface area contributed by atoms with Gasteiger partial charge in [-0.05, 0) is 45.4 Å². The normalized spacial score (nSPS) is 30.9. The first-order chi connectivity index (χ1) is 8.79. The van der Waals surface area contributed by atoms with E-state index in [4.69, 9.17) is 4.74 Å². The molecule has 0 spiro atoms. The number of hydrogen-bond acceptors (Lipinski definition) is 3. The van der Waals surface area contributed by atoms with Crippen LogP contribution in [-0.4, -0.2) is 40.3 Å². The number of ether oxygens (including phenoxy) is 1. The summed E-state index contributed by atoms with van der Waals surface area (Å²) in [7, 11) is 0. The van der Waals surface area contributed by atoms with Crippen molar-refractivity contribution in [1.82, 2.24) is 4.90 Å². The number of hydrogen-bond donors (Lipinski definition) is 1. The Morgan fingerprint density at radius 2 is 1.84 bits per heavy atom. The number of carboxylic acids is 1. The Hall–Kier alpha value is -1.26. The number of carbonyl (C=O) groups is 2. The lowest BCUT2D eigenvalue weighted by molar-refractivity contribution is -0.143. The Balaban J connectivity index is 2.14. The van der Waals surface area contributed by atoms with Crippen molar-refractivity contribution in [3.8, 4) is 0 Å². The minimum atomic E-state index is -0.903. The average Bonchev–Trinajstić information content (AvgIpc) is 2.65. The summed E-state index contributed by atoms with van der Waals surface area (Å²) in [6.07, 6.45) is 3.63. The number of carbonyl (C=O) groups excluding carboxylic acids is 1. The fourth-order valence-corrected chi connectivity index (χ4v) is 3.30. The van der Waals surface area contributed by atoms with E-state index in [9.17, 15) is 14.7 Å². The minimum absolute atomic E-state index is 0.0961. The third-order valence-electron chi connectivity index (χ3n) is 4.02. The molecule has 108 valence electrons. The molecule has 1 amide bonds. The zero-order valence-corrected chi connectivity index (χ0v) is 11.9. The number of likely N-dealkylation sites (tertiary alicyclic amines) is 1. The maximum Gasteiger partial charge on any atom is 0.411 e. The molecule has 2 fully saturated rings. The van der Waals surface area contributed by atoms with Crippen molar-refractivity contribution in [3.63, 3.8) is 0 Å². The van der Waals surface area contributed by atoms with Crippen LogP contribution in [0.3, 0.4) is 0 Å². The molecule has 1 N–H and O–H groups in total. The number of rotatable bonds is 1. The van der Waals surface area contributed by atoms with Crippen LogP contribution >= 0.6 is 0 Å². The lowest BCUT2D eigenvalue weighted by Gasteiger charge is -2.29. The Morgan fingerprint density at radius 1 is 1.21 bits per heavy atom. The first-order valence-corrected chi connectivity index (χ1v) is 7.02. The summed E-state index contributed by atoms with van der Waals surface area (Å²) in [6.45, 7) is 5.91. The molecular formula is C14H23NO4. The van der Waals surface area contributed by atoms with E-state index in [0.29, 0.717) is 12.5 Å². The van der Waals surface area contributed by atoms with Crippen molar-refractivity contribution < 1.29 is 19.4 Å². The quantitative estimate of drug-likeness (QED) is 0.794. The highest BCUT2D eigenvalue weighted by Gasteiger charge is 2.49. The standard InChI is InChI=1S/C14H23NO4/c1-14(2,3)19-13(18)15-8-9-6-4-5-7-10(9)11(15)12(16)17/h9-11H,4-8H2,1-3H3,(H,16,17). The van der Waals surface area contributed by atoms with Crippen molar-refractivity contribution in [3.05, 3.63) is 0 Å². The zero-order chi connectivity index (χ0) is 14.2. The highest BCUT2D eigenvalue weighted by atomic mass is 16.6. The molecule has 0 radical (unpaired) electrons. The molecule has 0 bridgehead atoms. The van der Waals surface area contributed by atoms with Gasteiger partial charge in [0.2, 0.25) is 0 Å². The van der Waals surface area contributed by atoms with Crippen LogP contribution in [0.2, 0.25) is 0 Å². The van der Waals surface area contributed by atoms with Gasteiger partial charge in [0.25, 0.3) is 0 Å². The lowest BCUT2D eigenvalue weighted by Crippen LogP contribution is -2.45. The maximum absolute atomic E-state index is 12.2. The van der Waals surface area contributed by atoms with Crippen LogP contribution in [0, 0.1) is 11.8 Å². The average molecular weight is 269 g/mol. The summed E-state index contributed by atoms with van der Waals surface area (Å²) in [5.74, 6) is -0.485. The number of nitrogens with zero attached hydrogens (tertiary/aromatic N) is 1. The number of fused-ring (bicyclic) bond motifs is 1. The third-order valence-corrected chi connectivity index (χ3v) is 4.02. The van der Waals surface area contributed by atoms with Gasteiger partial charge >= 0.3 is 12.1 Å². The van der Waals surface area contributed by atoms with Crippen LogP contribution in [0.1, 0.15) is 46.5 Å². The largest absolute Gasteiger partial charge is 0.480 e. The van der Waals surface area contributed by atoms with Crippen molar-refractivity contribution >= 4 is 12.1 Å². The van der Waals surface area contributed by atoms with Crippen LogP contribution in [0.4, 0.5) is 4.79 Å². The molecule has 19 heavy (non-hydrogen) atoms. The summed E-state index contributed by atoms with van der Waals surface area (Å²) in [5, 5.41) is 9.42. The van der Waals surface area contributed by atoms with Gasteiger partial charge in [-0.25, -0.2) is 9.59 Å². The van der Waals surface area contributed by atoms with E-state index in [2.05, 4.69) is 0 Å². The third kappa shape index (κ3) is 3.01. The van der Waals surface area contributed by atoms with Gasteiger partial charge in [-0.2, -0.15) is 0 Å². The Bertz CT molecular complexity index is 374. The molecule has 1 saturated carbocycles. The van der Waals surface area contributed by atoms with E-state index in [1.807, 2.05) is 0 Å². The SMILES string of the molecule is CC(C)(C)OC(=O)N1CC2CCCCC2C1C(=O)O. The number of amides is 1. The van der Waals surface area contributed by atoms with Crippen molar-refractivity contribution in [2.45, 2.75) is 58.1 Å². The predicted octanol–water partition coefficient (Wildman–Crippen LogP) is 2.50. The van der Waals surface area contributed by atoms with E-state index >= 15 is 0 Å². The van der Waals surface area contributed by atoms with E-state index in [1.54, 1.807) is 20.8 Å². The highest BCUT2D eigenvalue weighted by Crippen LogP contribution is 2.41. The number of carboxylic acid groups (broad SMARTS) is 1. The summed E-state index contributed by atoms with van der Waals surface area (Å²) in [5.41, 5.74) is -0.589.